The quantitative estimate of drug-likeness (QED) is 0.437. The summed E-state index contributed by atoms with van der Waals surface area (Å²) in [4.78, 5) is 1.25. The Morgan fingerprint density at radius 1 is 0.500 bits per heavy atom. The van der Waals surface area contributed by atoms with Crippen LogP contribution in [0.4, 0.5) is 0 Å². The predicted molar refractivity (Wildman–Crippen MR) is 103 cm³/mol. The van der Waals surface area contributed by atoms with E-state index in [1.807, 2.05) is 54.6 Å². The highest BCUT2D eigenvalue weighted by Crippen LogP contribution is 2.14. The molecule has 1 heteroatoms. The van der Waals surface area contributed by atoms with Crippen LogP contribution < -0.4 is 0 Å². The van der Waals surface area contributed by atoms with Gasteiger partial charge in [-0.05, 0) is 66.9 Å². The van der Waals surface area contributed by atoms with Crippen molar-refractivity contribution in [2.75, 3.05) is 6.26 Å². The van der Waals surface area contributed by atoms with Gasteiger partial charge in [-0.25, -0.2) is 0 Å². The molecule has 0 aliphatic carbocycles. The molecule has 0 nitrogen and oxygen atoms in total. The van der Waals surface area contributed by atoms with Crippen molar-refractivity contribution in [3.63, 3.8) is 0 Å². The van der Waals surface area contributed by atoms with E-state index >= 15 is 0 Å². The van der Waals surface area contributed by atoms with Crippen LogP contribution in [0.5, 0.6) is 0 Å². The van der Waals surface area contributed by atoms with E-state index in [-0.39, 0.29) is 0 Å². The van der Waals surface area contributed by atoms with Gasteiger partial charge in [0.05, 0.1) is 0 Å². The molecule has 0 aliphatic rings. The molecule has 0 atom stereocenters. The maximum atomic E-state index is 3.19. The second-order valence-corrected chi connectivity index (χ2v) is 6.05. The monoisotopic (exact) mass is 324 g/mol. The highest BCUT2D eigenvalue weighted by atomic mass is 32.2. The number of benzene rings is 3. The van der Waals surface area contributed by atoms with Crippen LogP contribution in [-0.2, 0) is 0 Å². The minimum Gasteiger partial charge on any atom is -0.130 e. The van der Waals surface area contributed by atoms with Gasteiger partial charge in [-0.1, -0.05) is 41.9 Å². The largest absolute Gasteiger partial charge is 0.130 e. The van der Waals surface area contributed by atoms with Crippen LogP contribution in [0.1, 0.15) is 22.3 Å². The van der Waals surface area contributed by atoms with Gasteiger partial charge < -0.3 is 0 Å². The second-order valence-electron chi connectivity index (χ2n) is 5.17. The fraction of sp³-hybridized carbons (Fsp3) is 0.0435. The zero-order valence-corrected chi connectivity index (χ0v) is 14.2. The van der Waals surface area contributed by atoms with Crippen molar-refractivity contribution >= 4 is 11.8 Å². The Kier molecular flexibility index (Phi) is 5.41. The molecule has 0 saturated heterocycles. The Morgan fingerprint density at radius 2 is 0.875 bits per heavy atom. The first-order valence-corrected chi connectivity index (χ1v) is 8.89. The minimum atomic E-state index is 0.994. The molecule has 0 aliphatic heterocycles. The van der Waals surface area contributed by atoms with Gasteiger partial charge in [0, 0.05) is 27.1 Å². The molecule has 0 radical (unpaired) electrons. The summed E-state index contributed by atoms with van der Waals surface area (Å²) in [6.45, 7) is 0. The predicted octanol–water partition coefficient (Wildman–Crippen LogP) is 5.21. The lowest BCUT2D eigenvalue weighted by Gasteiger charge is -1.95. The van der Waals surface area contributed by atoms with Crippen molar-refractivity contribution in [3.05, 3.63) is 101 Å². The molecule has 3 rings (SSSR count). The fourth-order valence-electron chi connectivity index (χ4n) is 2.12. The van der Waals surface area contributed by atoms with Crippen LogP contribution in [0.25, 0.3) is 0 Å². The summed E-state index contributed by atoms with van der Waals surface area (Å²) in [5.74, 6) is 12.7. The third-order valence-electron chi connectivity index (χ3n) is 3.45. The molecule has 114 valence electrons. The summed E-state index contributed by atoms with van der Waals surface area (Å²) in [6.07, 6.45) is 2.07. The Hall–Kier alpha value is -2.87. The molecule has 0 bridgehead atoms. The third kappa shape index (κ3) is 4.56. The summed E-state index contributed by atoms with van der Waals surface area (Å²) in [5.41, 5.74) is 4.04. The smallest absolute Gasteiger partial charge is 0.0249 e. The second kappa shape index (κ2) is 8.11. The van der Waals surface area contributed by atoms with E-state index in [9.17, 15) is 0 Å². The first kappa shape index (κ1) is 16.0. The Bertz CT molecular complexity index is 913. The van der Waals surface area contributed by atoms with Gasteiger partial charge in [-0.15, -0.1) is 11.8 Å². The van der Waals surface area contributed by atoms with Gasteiger partial charge in [-0.3, -0.25) is 0 Å². The van der Waals surface area contributed by atoms with Crippen LogP contribution in [0, 0.1) is 23.7 Å². The molecule has 0 N–H and O–H groups in total. The highest BCUT2D eigenvalue weighted by molar-refractivity contribution is 7.98. The van der Waals surface area contributed by atoms with E-state index in [1.165, 1.54) is 4.90 Å². The Labute approximate surface area is 147 Å². The standard InChI is InChI=1S/C23H16S/c1-24-23-17-15-22(16-18-23)14-13-21-11-9-20(10-12-21)8-7-19-5-3-2-4-6-19/h2-6,9-12,15-18H,1H3. The average Bonchev–Trinajstić information content (AvgIpc) is 2.67. The lowest BCUT2D eigenvalue weighted by Crippen LogP contribution is -1.79. The van der Waals surface area contributed by atoms with E-state index in [1.54, 1.807) is 11.8 Å². The van der Waals surface area contributed by atoms with Crippen LogP contribution in [0.15, 0.2) is 83.8 Å². The maximum Gasteiger partial charge on any atom is 0.0249 e. The lowest BCUT2D eigenvalue weighted by molar-refractivity contribution is 1.45. The van der Waals surface area contributed by atoms with Crippen molar-refractivity contribution in [2.24, 2.45) is 0 Å². The molecular weight excluding hydrogens is 308 g/mol. The van der Waals surface area contributed by atoms with Crippen molar-refractivity contribution in [1.82, 2.24) is 0 Å². The first-order chi connectivity index (χ1) is 11.8. The number of hydrogen-bond donors (Lipinski definition) is 0. The zero-order valence-electron chi connectivity index (χ0n) is 13.4. The van der Waals surface area contributed by atoms with Crippen molar-refractivity contribution < 1.29 is 0 Å². The van der Waals surface area contributed by atoms with Crippen LogP contribution >= 0.6 is 11.8 Å². The molecule has 0 saturated carbocycles. The van der Waals surface area contributed by atoms with Gasteiger partial charge in [-0.2, -0.15) is 0 Å². The number of thioether (sulfide) groups is 1. The van der Waals surface area contributed by atoms with E-state index in [2.05, 4.69) is 54.2 Å². The summed E-state index contributed by atoms with van der Waals surface area (Å²) < 4.78 is 0. The summed E-state index contributed by atoms with van der Waals surface area (Å²) >= 11 is 1.74. The normalized spacial score (nSPS) is 9.38. The summed E-state index contributed by atoms with van der Waals surface area (Å²) in [7, 11) is 0. The van der Waals surface area contributed by atoms with Crippen LogP contribution in [-0.4, -0.2) is 6.26 Å². The molecule has 3 aromatic carbocycles. The fourth-order valence-corrected chi connectivity index (χ4v) is 2.53. The van der Waals surface area contributed by atoms with E-state index in [0.717, 1.165) is 22.3 Å². The van der Waals surface area contributed by atoms with Crippen molar-refractivity contribution in [2.45, 2.75) is 4.90 Å². The first-order valence-electron chi connectivity index (χ1n) is 7.67. The molecule has 0 unspecified atom stereocenters. The maximum absolute atomic E-state index is 3.19. The van der Waals surface area contributed by atoms with Crippen LogP contribution in [0.3, 0.4) is 0 Å². The SMILES string of the molecule is CSc1ccc(C#Cc2ccc(C#Cc3ccccc3)cc2)cc1. The van der Waals surface area contributed by atoms with Crippen molar-refractivity contribution in [1.29, 1.82) is 0 Å². The topological polar surface area (TPSA) is 0 Å². The zero-order chi connectivity index (χ0) is 16.6. The lowest BCUT2D eigenvalue weighted by atomic mass is 10.1. The van der Waals surface area contributed by atoms with Gasteiger partial charge in [0.25, 0.3) is 0 Å². The molecule has 0 fully saturated rings. The molecule has 0 aromatic heterocycles. The van der Waals surface area contributed by atoms with E-state index < -0.39 is 0 Å². The highest BCUT2D eigenvalue weighted by Gasteiger charge is 1.91. The van der Waals surface area contributed by atoms with E-state index in [0.29, 0.717) is 0 Å². The number of hydrogen-bond acceptors (Lipinski definition) is 1. The third-order valence-corrected chi connectivity index (χ3v) is 4.19. The Balaban J connectivity index is 1.71. The van der Waals surface area contributed by atoms with Crippen molar-refractivity contribution in [3.8, 4) is 23.7 Å². The average molecular weight is 324 g/mol. The number of rotatable bonds is 1. The van der Waals surface area contributed by atoms with Gasteiger partial charge in [0.2, 0.25) is 0 Å². The van der Waals surface area contributed by atoms with Gasteiger partial charge >= 0.3 is 0 Å². The van der Waals surface area contributed by atoms with E-state index in [4.69, 9.17) is 0 Å². The summed E-state index contributed by atoms with van der Waals surface area (Å²) in [5, 5.41) is 0. The molecular formula is C23H16S. The van der Waals surface area contributed by atoms with Gasteiger partial charge in [0.1, 0.15) is 0 Å². The molecule has 0 spiro atoms. The molecule has 3 aromatic rings. The molecule has 0 heterocycles. The summed E-state index contributed by atoms with van der Waals surface area (Å²) in [6, 6.07) is 26.3. The minimum absolute atomic E-state index is 0.994. The van der Waals surface area contributed by atoms with Crippen LogP contribution in [0.2, 0.25) is 0 Å². The van der Waals surface area contributed by atoms with Gasteiger partial charge in [0.15, 0.2) is 0 Å². The molecule has 24 heavy (non-hydrogen) atoms. The Morgan fingerprint density at radius 3 is 1.29 bits per heavy atom. The molecule has 0 amide bonds.